The third kappa shape index (κ3) is 18.3. The lowest BCUT2D eigenvalue weighted by Gasteiger charge is -2.32. The Morgan fingerprint density at radius 3 is 1.16 bits per heavy atom. The van der Waals surface area contributed by atoms with Gasteiger partial charge in [-0.3, -0.25) is 39.7 Å². The molecule has 6 unspecified atom stereocenters. The van der Waals surface area contributed by atoms with E-state index in [1.807, 2.05) is 152 Å². The molecule has 4 aromatic carbocycles. The summed E-state index contributed by atoms with van der Waals surface area (Å²) < 4.78 is 58.8. The number of carbonyl (C=O) groups excluding carboxylic acids is 4. The summed E-state index contributed by atoms with van der Waals surface area (Å²) in [5.74, 6) is 6.03. The molecule has 656 valence electrons. The molecule has 1 amide bonds. The number of amides is 1. The van der Waals surface area contributed by atoms with Crippen molar-refractivity contribution in [1.29, 1.82) is 0 Å². The Bertz CT molecular complexity index is 6560. The number of aromatic nitrogens is 13. The summed E-state index contributed by atoms with van der Waals surface area (Å²) in [5.41, 5.74) is 21.4. The number of pyridine rings is 7. The number of rotatable bonds is 21. The van der Waals surface area contributed by atoms with E-state index in [9.17, 15) is 19.2 Å². The third-order valence-electron chi connectivity index (χ3n) is 24.7. The first-order valence-corrected chi connectivity index (χ1v) is 45.1. The highest BCUT2D eigenvalue weighted by Crippen LogP contribution is 2.56. The maximum Gasteiger partial charge on any atom is 0.494 e. The lowest BCUT2D eigenvalue weighted by molar-refractivity contribution is -0.146. The van der Waals surface area contributed by atoms with Gasteiger partial charge in [0.2, 0.25) is 0 Å². The second-order valence-corrected chi connectivity index (χ2v) is 35.5. The number of nitrogens with zero attached hydrogens (tertiary/aromatic N) is 13. The number of ether oxygens (including phenoxy) is 7. The van der Waals surface area contributed by atoms with Gasteiger partial charge in [-0.15, -0.1) is 0 Å². The molecule has 3 aliphatic carbocycles. The molecular formula is C98H99BBr2N14O13. The van der Waals surface area contributed by atoms with Gasteiger partial charge < -0.3 is 61.9 Å². The van der Waals surface area contributed by atoms with Crippen molar-refractivity contribution in [3.8, 4) is 79.7 Å². The number of primary amides is 1. The normalized spacial score (nSPS) is 18.1. The maximum absolute atomic E-state index is 11.9. The van der Waals surface area contributed by atoms with Gasteiger partial charge in [0, 0.05) is 115 Å². The first-order chi connectivity index (χ1) is 61.9. The molecule has 14 heterocycles. The van der Waals surface area contributed by atoms with Crippen LogP contribution < -0.4 is 30.1 Å². The van der Waals surface area contributed by atoms with Gasteiger partial charge in [-0.1, -0.05) is 52.3 Å². The molecule has 27 nitrogen and oxygen atoms in total. The number of hydrogen-bond acceptors (Lipinski definition) is 23. The summed E-state index contributed by atoms with van der Waals surface area (Å²) >= 11 is 7.12. The van der Waals surface area contributed by atoms with Crippen molar-refractivity contribution >= 4 is 112 Å². The molecule has 128 heavy (non-hydrogen) atoms. The van der Waals surface area contributed by atoms with Crippen LogP contribution in [-0.4, -0.2) is 152 Å². The van der Waals surface area contributed by atoms with Crippen molar-refractivity contribution < 1.29 is 61.6 Å². The van der Waals surface area contributed by atoms with Crippen LogP contribution in [0.25, 0.3) is 100 Å². The number of esters is 3. The van der Waals surface area contributed by atoms with Crippen molar-refractivity contribution in [2.45, 2.75) is 174 Å². The summed E-state index contributed by atoms with van der Waals surface area (Å²) in [5, 5.41) is 3.35. The van der Waals surface area contributed by atoms with Gasteiger partial charge in [0.25, 0.3) is 5.91 Å². The largest absolute Gasteiger partial charge is 0.494 e. The van der Waals surface area contributed by atoms with Crippen LogP contribution in [0, 0.1) is 20.8 Å². The SMILES string of the molecule is CCOC(=O)COc1ccnc2ccc(-c3c(-c4cccc(C)n4)nc4n3C3CCC4C3)cc12.CCOC(=O)COc1ccnc2ccc(B3OC(C)(C)C(C)(C)O3)cc12.CCOC(=O)COc1ccnc2ccc(Br)cc12.Cc1cccc(-c2nc3n(c2-c2ccc4nccc(OCC(N)=O)c4c2)C2CCC3C2)n1.Cc1cccc(-c2nc3n(c2Br)C2CCC3C2)n1. The fourth-order valence-electron chi connectivity index (χ4n) is 18.2. The quantitative estimate of drug-likeness (QED) is 0.0397. The summed E-state index contributed by atoms with van der Waals surface area (Å²) in [7, 11) is -0.470. The Hall–Kier alpha value is -12.4. The van der Waals surface area contributed by atoms with E-state index in [0.29, 0.717) is 78.7 Å². The first-order valence-electron chi connectivity index (χ1n) is 43.6. The number of fused-ring (bicyclic) bond motifs is 19. The topological polar surface area (TPSA) is 321 Å². The highest BCUT2D eigenvalue weighted by molar-refractivity contribution is 9.10. The van der Waals surface area contributed by atoms with Gasteiger partial charge in [0.05, 0.1) is 81.6 Å². The minimum Gasteiger partial charge on any atom is -0.483 e. The predicted molar refractivity (Wildman–Crippen MR) is 495 cm³/mol. The summed E-state index contributed by atoms with van der Waals surface area (Å²) in [6.07, 6.45) is 17.7. The maximum atomic E-state index is 11.9. The Kier molecular flexibility index (Phi) is 25.7. The zero-order chi connectivity index (χ0) is 89.2. The van der Waals surface area contributed by atoms with E-state index >= 15 is 0 Å². The minimum absolute atomic E-state index is 0.0978. The zero-order valence-corrected chi connectivity index (χ0v) is 76.2. The third-order valence-corrected chi connectivity index (χ3v) is 26.0. The van der Waals surface area contributed by atoms with Crippen LogP contribution in [-0.2, 0) is 42.7 Å². The molecule has 30 heteroatoms. The average molecular weight is 1850 g/mol. The van der Waals surface area contributed by atoms with E-state index in [1.54, 1.807) is 69.8 Å². The fraction of sp³-hybridized carbons (Fsp3) is 0.347. The number of imidazole rings is 3. The van der Waals surface area contributed by atoms with Crippen LogP contribution in [0.3, 0.4) is 0 Å². The Balaban J connectivity index is 0.000000115. The first kappa shape index (κ1) is 87.7. The molecule has 21 rings (SSSR count). The lowest BCUT2D eigenvalue weighted by atomic mass is 9.78. The lowest BCUT2D eigenvalue weighted by Crippen LogP contribution is -2.41. The van der Waals surface area contributed by atoms with Crippen LogP contribution >= 0.6 is 31.9 Å². The van der Waals surface area contributed by atoms with Gasteiger partial charge in [0.1, 0.15) is 62.2 Å². The molecule has 3 saturated carbocycles. The zero-order valence-electron chi connectivity index (χ0n) is 73.1. The van der Waals surface area contributed by atoms with Crippen LogP contribution in [0.1, 0.15) is 177 Å². The number of benzene rings is 4. The Labute approximate surface area is 758 Å². The summed E-state index contributed by atoms with van der Waals surface area (Å²) in [6, 6.07) is 50.7. The van der Waals surface area contributed by atoms with Gasteiger partial charge in [-0.25, -0.2) is 29.3 Å². The smallest absolute Gasteiger partial charge is 0.483 e. The van der Waals surface area contributed by atoms with E-state index in [4.69, 9.17) is 73.1 Å². The van der Waals surface area contributed by atoms with Crippen molar-refractivity contribution in [2.24, 2.45) is 5.73 Å². The van der Waals surface area contributed by atoms with Crippen molar-refractivity contribution in [2.75, 3.05) is 46.2 Å². The molecular weight excluding hydrogens is 1750 g/mol. The number of hydrogen-bond donors (Lipinski definition) is 1. The van der Waals surface area contributed by atoms with Crippen LogP contribution in [0.4, 0.5) is 0 Å². The molecule has 2 N–H and O–H groups in total. The molecule has 6 bridgehead atoms. The Morgan fingerprint density at radius 2 is 0.773 bits per heavy atom. The summed E-state index contributed by atoms with van der Waals surface area (Å²) in [4.78, 5) is 92.7. The number of aryl methyl sites for hydroxylation is 3. The van der Waals surface area contributed by atoms with Gasteiger partial charge in [0.15, 0.2) is 26.4 Å². The van der Waals surface area contributed by atoms with E-state index in [0.717, 1.165) is 132 Å². The monoisotopic (exact) mass is 1850 g/mol. The predicted octanol–water partition coefficient (Wildman–Crippen LogP) is 18.6. The molecule has 14 aromatic rings. The number of carbonyl (C=O) groups is 4. The van der Waals surface area contributed by atoms with Crippen molar-refractivity contribution in [3.05, 3.63) is 220 Å². The van der Waals surface area contributed by atoms with Crippen molar-refractivity contribution in [1.82, 2.24) is 63.5 Å². The second-order valence-electron chi connectivity index (χ2n) is 33.8. The van der Waals surface area contributed by atoms with Gasteiger partial charge >= 0.3 is 25.0 Å². The molecule has 1 saturated heterocycles. The van der Waals surface area contributed by atoms with Crippen molar-refractivity contribution in [3.63, 3.8) is 0 Å². The van der Waals surface area contributed by atoms with E-state index in [2.05, 4.69) is 94.7 Å². The van der Waals surface area contributed by atoms with Gasteiger partial charge in [-0.05, 0) is 264 Å². The van der Waals surface area contributed by atoms with Gasteiger partial charge in [-0.2, -0.15) is 0 Å². The fourth-order valence-corrected chi connectivity index (χ4v) is 19.3. The second kappa shape index (κ2) is 37.5. The van der Waals surface area contributed by atoms with Crippen LogP contribution in [0.15, 0.2) is 186 Å². The van der Waals surface area contributed by atoms with Crippen LogP contribution in [0.5, 0.6) is 23.0 Å². The average Bonchev–Trinajstić information content (AvgIpc) is 1.58. The molecule has 0 radical (unpaired) electrons. The van der Waals surface area contributed by atoms with Crippen LogP contribution in [0.2, 0.25) is 0 Å². The summed E-state index contributed by atoms with van der Waals surface area (Å²) in [6.45, 7) is 19.8. The number of nitrogens with two attached hydrogens (primary N) is 1. The van der Waals surface area contributed by atoms with E-state index in [-0.39, 0.29) is 38.4 Å². The van der Waals surface area contributed by atoms with E-state index < -0.39 is 30.2 Å². The highest BCUT2D eigenvalue weighted by Gasteiger charge is 2.52. The Morgan fingerprint density at radius 1 is 0.422 bits per heavy atom. The van der Waals surface area contributed by atoms with E-state index in [1.165, 1.54) is 75.3 Å². The minimum atomic E-state index is -0.511. The molecule has 4 aliphatic heterocycles. The molecule has 6 atom stereocenters. The molecule has 10 aromatic heterocycles. The molecule has 0 spiro atoms. The highest BCUT2D eigenvalue weighted by atomic mass is 79.9. The number of halogens is 2. The standard InChI is InChI=1S/C27H26N4O3.C25H23N5O2.C19H24BNO5.C14H14BrN3.C13H12BrNO3/c1-3-33-24(32)15-34-23-11-12-28-21-10-8-17(14-20(21)23)26-25(22-6-4-5-16(2)29-22)30-27-18-7-9-19(13-18)31(26)27;1-14-3-2-4-20(28-14)23-24(30-17-7-5-16(11-17)25(30)29-23)15-6-8-19-18(12-15)21(9-10-27-19)32-13-22(26)31;1-6-23-17(22)12-24-16-9-10-21-15-8-7-13(11-14(15)16)20-25-18(2,3)19(4,5)26-20;1-8-3-2-4-11(16-8)12-13(15)18-10-6-5-9(7-10)14(18)17-12;1-2-17-13(16)8-18-12-5-6-15-11-4-3-9(14)7-10(11)12/h4-6,8,10-12,14,18-19H,3,7,9,13,15H2,1-2H3;2-4,6,8-10,12,16-17H,5,7,11,13H2,1H3,(H2,26,31);7-11H,6,12H2,1-5H3;2-4,9-10H,5-7H2,1H3;3-7H,2,8H2,1H3. The molecule has 7 aliphatic rings. The molecule has 4 fully saturated rings.